The van der Waals surface area contributed by atoms with Crippen molar-refractivity contribution < 1.29 is 26.4 Å². The monoisotopic (exact) mass is 448 g/mol. The van der Waals surface area contributed by atoms with E-state index < -0.39 is 38.7 Å². The van der Waals surface area contributed by atoms with Crippen molar-refractivity contribution in [2.45, 2.75) is 32.6 Å². The average Bonchev–Trinajstić information content (AvgIpc) is 2.60. The van der Waals surface area contributed by atoms with Gasteiger partial charge in [-0.3, -0.25) is 9.10 Å². The number of nitrogens with one attached hydrogen (secondary N) is 1. The molecule has 0 radical (unpaired) electrons. The molecule has 1 amide bonds. The first kappa shape index (κ1) is 23.0. The van der Waals surface area contributed by atoms with E-state index in [0.717, 1.165) is 29.5 Å². The fraction of sp³-hybridized carbons (Fsp3) is 0.316. The van der Waals surface area contributed by atoms with Crippen molar-refractivity contribution in [3.8, 4) is 0 Å². The summed E-state index contributed by atoms with van der Waals surface area (Å²) in [5.74, 6) is -0.651. The third-order valence-corrected chi connectivity index (χ3v) is 5.88. The summed E-state index contributed by atoms with van der Waals surface area (Å²) in [4.78, 5) is 12.6. The first-order valence-electron chi connectivity index (χ1n) is 8.50. The minimum absolute atomic E-state index is 0.155. The summed E-state index contributed by atoms with van der Waals surface area (Å²) in [5.41, 5.74) is 0.290. The highest BCUT2D eigenvalue weighted by Gasteiger charge is 2.36. The van der Waals surface area contributed by atoms with Gasteiger partial charge in [-0.2, -0.15) is 13.2 Å². The van der Waals surface area contributed by atoms with Crippen molar-refractivity contribution in [3.05, 3.63) is 64.2 Å². The van der Waals surface area contributed by atoms with Crippen LogP contribution in [-0.4, -0.2) is 26.6 Å². The molecule has 0 spiro atoms. The molecular formula is C19H20ClF3N2O3S. The zero-order chi connectivity index (χ0) is 22.0. The van der Waals surface area contributed by atoms with Crippen molar-refractivity contribution in [2.75, 3.05) is 10.6 Å². The van der Waals surface area contributed by atoms with Gasteiger partial charge in [0.1, 0.15) is 6.04 Å². The molecule has 1 atom stereocenters. The lowest BCUT2D eigenvalue weighted by molar-refractivity contribution is -0.137. The molecule has 5 nitrogen and oxygen atoms in total. The van der Waals surface area contributed by atoms with Crippen LogP contribution in [-0.2, 0) is 27.5 Å². The van der Waals surface area contributed by atoms with E-state index in [4.69, 9.17) is 11.6 Å². The van der Waals surface area contributed by atoms with Crippen LogP contribution in [0.15, 0.2) is 42.5 Å². The molecule has 0 aliphatic carbocycles. The fourth-order valence-corrected chi connectivity index (χ4v) is 4.21. The van der Waals surface area contributed by atoms with Gasteiger partial charge < -0.3 is 5.32 Å². The van der Waals surface area contributed by atoms with Gasteiger partial charge >= 0.3 is 6.18 Å². The van der Waals surface area contributed by atoms with Gasteiger partial charge in [0.25, 0.3) is 0 Å². The second-order valence-electron chi connectivity index (χ2n) is 6.54. The van der Waals surface area contributed by atoms with Crippen molar-refractivity contribution in [2.24, 2.45) is 0 Å². The van der Waals surface area contributed by atoms with Crippen LogP contribution in [0.4, 0.5) is 18.9 Å². The Bertz CT molecular complexity index is 1010. The summed E-state index contributed by atoms with van der Waals surface area (Å²) in [6.45, 7) is 3.32. The summed E-state index contributed by atoms with van der Waals surface area (Å²) in [6.07, 6.45) is -3.95. The van der Waals surface area contributed by atoms with Gasteiger partial charge in [-0.25, -0.2) is 8.42 Å². The zero-order valence-corrected chi connectivity index (χ0v) is 17.5. The van der Waals surface area contributed by atoms with Crippen molar-refractivity contribution in [3.63, 3.8) is 0 Å². The van der Waals surface area contributed by atoms with Crippen LogP contribution in [0.5, 0.6) is 0 Å². The topological polar surface area (TPSA) is 66.5 Å². The number of anilines is 1. The second kappa shape index (κ2) is 8.62. The van der Waals surface area contributed by atoms with Crippen molar-refractivity contribution in [1.29, 1.82) is 0 Å². The number of benzene rings is 2. The number of carbonyl (C=O) groups is 1. The summed E-state index contributed by atoms with van der Waals surface area (Å²) in [5, 5.41) is 2.06. The number of sulfonamides is 1. The molecule has 0 saturated heterocycles. The minimum atomic E-state index is -4.77. The molecule has 0 bridgehead atoms. The highest BCUT2D eigenvalue weighted by atomic mass is 35.5. The van der Waals surface area contributed by atoms with E-state index >= 15 is 0 Å². The van der Waals surface area contributed by atoms with Gasteiger partial charge in [0.05, 0.1) is 22.5 Å². The number of carbonyl (C=O) groups excluding carboxylic acids is 1. The van der Waals surface area contributed by atoms with Crippen LogP contribution in [0.2, 0.25) is 5.02 Å². The first-order chi connectivity index (χ1) is 13.3. The molecule has 2 aromatic carbocycles. The Morgan fingerprint density at radius 2 is 1.83 bits per heavy atom. The average molecular weight is 449 g/mol. The summed E-state index contributed by atoms with van der Waals surface area (Å²) in [7, 11) is -4.07. The van der Waals surface area contributed by atoms with Crippen molar-refractivity contribution >= 4 is 33.2 Å². The SMILES string of the molecule is Cc1ccccc1CNC(=O)C(C)N(c1ccc(Cl)c(C(F)(F)F)c1)S(C)(=O)=O. The van der Waals surface area contributed by atoms with Gasteiger partial charge in [0.15, 0.2) is 0 Å². The van der Waals surface area contributed by atoms with Gasteiger partial charge in [-0.15, -0.1) is 0 Å². The maximum atomic E-state index is 13.2. The van der Waals surface area contributed by atoms with E-state index in [1.807, 2.05) is 25.1 Å². The van der Waals surface area contributed by atoms with Crippen LogP contribution < -0.4 is 9.62 Å². The van der Waals surface area contributed by atoms with Crippen LogP contribution >= 0.6 is 11.6 Å². The number of hydrogen-bond donors (Lipinski definition) is 1. The molecule has 1 N–H and O–H groups in total. The fourth-order valence-electron chi connectivity index (χ4n) is 2.81. The molecule has 0 aliphatic rings. The van der Waals surface area contributed by atoms with E-state index in [0.29, 0.717) is 10.4 Å². The van der Waals surface area contributed by atoms with Gasteiger partial charge in [0, 0.05) is 6.54 Å². The molecule has 1 unspecified atom stereocenters. The maximum Gasteiger partial charge on any atom is 0.417 e. The molecule has 2 rings (SSSR count). The molecule has 158 valence electrons. The number of halogens is 4. The van der Waals surface area contributed by atoms with Gasteiger partial charge in [-0.1, -0.05) is 35.9 Å². The van der Waals surface area contributed by atoms with Crippen LogP contribution in [0.1, 0.15) is 23.6 Å². The molecule has 2 aromatic rings. The number of rotatable bonds is 6. The number of hydrogen-bond acceptors (Lipinski definition) is 3. The summed E-state index contributed by atoms with van der Waals surface area (Å²) in [6, 6.07) is 8.73. The molecular weight excluding hydrogens is 429 g/mol. The summed E-state index contributed by atoms with van der Waals surface area (Å²) >= 11 is 5.61. The number of amides is 1. The molecule has 0 aromatic heterocycles. The van der Waals surface area contributed by atoms with Gasteiger partial charge in [0.2, 0.25) is 15.9 Å². The van der Waals surface area contributed by atoms with Crippen molar-refractivity contribution in [1.82, 2.24) is 5.32 Å². The Balaban J connectivity index is 2.33. The molecule has 10 heteroatoms. The van der Waals surface area contributed by atoms with E-state index in [9.17, 15) is 26.4 Å². The first-order valence-corrected chi connectivity index (χ1v) is 10.7. The zero-order valence-electron chi connectivity index (χ0n) is 15.9. The second-order valence-corrected chi connectivity index (χ2v) is 8.81. The lowest BCUT2D eigenvalue weighted by Gasteiger charge is -2.29. The van der Waals surface area contributed by atoms with Crippen LogP contribution in [0, 0.1) is 6.92 Å². The summed E-state index contributed by atoms with van der Waals surface area (Å²) < 4.78 is 64.7. The molecule has 29 heavy (non-hydrogen) atoms. The molecule has 0 heterocycles. The lowest BCUT2D eigenvalue weighted by Crippen LogP contribution is -2.47. The van der Waals surface area contributed by atoms with E-state index in [2.05, 4.69) is 5.32 Å². The molecule has 0 aliphatic heterocycles. The Morgan fingerprint density at radius 1 is 1.21 bits per heavy atom. The van der Waals surface area contributed by atoms with Crippen LogP contribution in [0.25, 0.3) is 0 Å². The Morgan fingerprint density at radius 3 is 2.38 bits per heavy atom. The molecule has 0 fully saturated rings. The third-order valence-electron chi connectivity index (χ3n) is 4.31. The maximum absolute atomic E-state index is 13.2. The van der Waals surface area contributed by atoms with Crippen LogP contribution in [0.3, 0.4) is 0 Å². The lowest BCUT2D eigenvalue weighted by atomic mass is 10.1. The van der Waals surface area contributed by atoms with E-state index in [1.165, 1.54) is 6.92 Å². The Hall–Kier alpha value is -2.26. The van der Waals surface area contributed by atoms with Gasteiger partial charge in [-0.05, 0) is 43.2 Å². The third kappa shape index (κ3) is 5.63. The Labute approximate surface area is 172 Å². The largest absolute Gasteiger partial charge is 0.417 e. The standard InChI is InChI=1S/C19H20ClF3N2O3S/c1-12-6-4-5-7-14(12)11-24-18(26)13(2)25(29(3,27)28)15-8-9-17(20)16(10-15)19(21,22)23/h4-10,13H,11H2,1-3H3,(H,24,26). The normalized spacial score (nSPS) is 13.1. The number of nitrogens with zero attached hydrogens (tertiary/aromatic N) is 1. The van der Waals surface area contributed by atoms with E-state index in [-0.39, 0.29) is 12.2 Å². The molecule has 0 saturated carbocycles. The Kier molecular flexibility index (Phi) is 6.85. The predicted octanol–water partition coefficient (Wildman–Crippen LogP) is 4.14. The highest BCUT2D eigenvalue weighted by molar-refractivity contribution is 7.92. The predicted molar refractivity (Wildman–Crippen MR) is 106 cm³/mol. The highest BCUT2D eigenvalue weighted by Crippen LogP contribution is 2.37. The smallest absolute Gasteiger partial charge is 0.350 e. The number of alkyl halides is 3. The quantitative estimate of drug-likeness (QED) is 0.722. The van der Waals surface area contributed by atoms with E-state index in [1.54, 1.807) is 6.07 Å². The minimum Gasteiger partial charge on any atom is -0.350 e. The number of aryl methyl sites for hydroxylation is 1.